The van der Waals surface area contributed by atoms with Gasteiger partial charge in [0.25, 0.3) is 0 Å². The highest BCUT2D eigenvalue weighted by molar-refractivity contribution is 8.38. The molecule has 1 aliphatic rings. The summed E-state index contributed by atoms with van der Waals surface area (Å²) in [6.45, 7) is 0.917. The van der Waals surface area contributed by atoms with Crippen LogP contribution in [0.5, 0.6) is 0 Å². The van der Waals surface area contributed by atoms with E-state index >= 15 is 0 Å². The zero-order valence-corrected chi connectivity index (χ0v) is 13.8. The average molecular weight is 349 g/mol. The summed E-state index contributed by atoms with van der Waals surface area (Å²) in [5.74, 6) is 3.47. The highest BCUT2D eigenvalue weighted by Crippen LogP contribution is 2.25. The van der Waals surface area contributed by atoms with Crippen LogP contribution in [0.1, 0.15) is 16.6 Å². The Kier molecular flexibility index (Phi) is 4.00. The van der Waals surface area contributed by atoms with Crippen molar-refractivity contribution in [1.82, 2.24) is 19.8 Å². The number of hydrogen-bond acceptors (Lipinski definition) is 8. The van der Waals surface area contributed by atoms with E-state index < -0.39 is 0 Å². The molecule has 0 N–H and O–H groups in total. The number of thioether (sulfide) groups is 2. The molecule has 0 saturated carbocycles. The third kappa shape index (κ3) is 2.96. The second kappa shape index (κ2) is 6.27. The van der Waals surface area contributed by atoms with Gasteiger partial charge in [-0.3, -0.25) is 4.99 Å². The normalized spacial score (nSPS) is 15.2. The summed E-state index contributed by atoms with van der Waals surface area (Å²) in [7, 11) is 0. The summed E-state index contributed by atoms with van der Waals surface area (Å²) in [5, 5.41) is 13.8. The van der Waals surface area contributed by atoms with Crippen LogP contribution in [0.15, 0.2) is 27.8 Å². The largest absolute Gasteiger partial charge is 0.465 e. The Labute approximate surface area is 138 Å². The first kappa shape index (κ1) is 14.0. The van der Waals surface area contributed by atoms with Crippen LogP contribution in [0.25, 0.3) is 17.1 Å². The van der Waals surface area contributed by atoms with E-state index in [2.05, 4.69) is 20.3 Å². The molecule has 0 saturated heterocycles. The number of aliphatic imine (C=N–C) groups is 1. The highest BCUT2D eigenvalue weighted by atomic mass is 32.2. The lowest BCUT2D eigenvalue weighted by atomic mass is 10.4. The van der Waals surface area contributed by atoms with Gasteiger partial charge in [-0.15, -0.1) is 10.2 Å². The van der Waals surface area contributed by atoms with E-state index in [1.807, 2.05) is 24.3 Å². The van der Waals surface area contributed by atoms with Gasteiger partial charge in [0, 0.05) is 5.75 Å². The Bertz CT molecular complexity index is 833. The maximum Gasteiger partial charge on any atom is 0.234 e. The number of fused-ring (bicyclic) bond motifs is 1. The van der Waals surface area contributed by atoms with Crippen LogP contribution in [-0.4, -0.2) is 36.5 Å². The summed E-state index contributed by atoms with van der Waals surface area (Å²) in [6, 6.07) is 3.76. The average Bonchev–Trinajstić information content (AvgIpc) is 3.27. The lowest BCUT2D eigenvalue weighted by Crippen LogP contribution is -1.95. The molecule has 4 rings (SSSR count). The number of furan rings is 1. The van der Waals surface area contributed by atoms with E-state index in [4.69, 9.17) is 4.42 Å². The van der Waals surface area contributed by atoms with E-state index in [9.17, 15) is 0 Å². The fourth-order valence-electron chi connectivity index (χ4n) is 1.90. The van der Waals surface area contributed by atoms with E-state index in [0.29, 0.717) is 0 Å². The standard InChI is InChI=1S/C13H11N5OS3/c1-2-9(19-6-1)3-4-11-17-18-10(15-16-12(18)22-11)8-21-13-14-5-7-20-13/h1-4,6H,5,7-8H2/b4-3+. The van der Waals surface area contributed by atoms with Gasteiger partial charge in [-0.25, -0.2) is 0 Å². The maximum absolute atomic E-state index is 5.27. The van der Waals surface area contributed by atoms with Crippen molar-refractivity contribution in [2.75, 3.05) is 12.3 Å². The van der Waals surface area contributed by atoms with Gasteiger partial charge in [0.15, 0.2) is 5.82 Å². The van der Waals surface area contributed by atoms with Gasteiger partial charge in [-0.1, -0.05) is 34.9 Å². The molecule has 0 aromatic carbocycles. The van der Waals surface area contributed by atoms with E-state index in [-0.39, 0.29) is 0 Å². The highest BCUT2D eigenvalue weighted by Gasteiger charge is 2.13. The van der Waals surface area contributed by atoms with Crippen molar-refractivity contribution in [3.8, 4) is 0 Å². The first-order valence-corrected chi connectivity index (χ1v) is 9.40. The molecule has 4 heterocycles. The second-order valence-electron chi connectivity index (χ2n) is 4.38. The van der Waals surface area contributed by atoms with Gasteiger partial charge in [-0.2, -0.15) is 9.61 Å². The number of hydrogen-bond donors (Lipinski definition) is 0. The molecule has 3 aromatic heterocycles. The molecular formula is C13H11N5OS3. The van der Waals surface area contributed by atoms with Crippen molar-refractivity contribution < 1.29 is 4.42 Å². The monoisotopic (exact) mass is 349 g/mol. The van der Waals surface area contributed by atoms with Crippen molar-refractivity contribution in [1.29, 1.82) is 0 Å². The molecule has 0 aliphatic carbocycles. The molecule has 0 radical (unpaired) electrons. The predicted molar refractivity (Wildman–Crippen MR) is 92.4 cm³/mol. The third-order valence-corrected chi connectivity index (χ3v) is 6.00. The molecule has 0 atom stereocenters. The molecule has 0 spiro atoms. The van der Waals surface area contributed by atoms with Crippen LogP contribution in [0, 0.1) is 0 Å². The van der Waals surface area contributed by atoms with Crippen molar-refractivity contribution >= 4 is 56.3 Å². The molecule has 1 aliphatic heterocycles. The first-order valence-electron chi connectivity index (χ1n) is 6.61. The Hall–Kier alpha value is -1.58. The summed E-state index contributed by atoms with van der Waals surface area (Å²) in [5.41, 5.74) is 0. The summed E-state index contributed by atoms with van der Waals surface area (Å²) in [4.78, 5) is 5.23. The molecule has 3 aromatic rings. The number of rotatable bonds is 4. The van der Waals surface area contributed by atoms with Gasteiger partial charge in [0.05, 0.1) is 18.6 Å². The number of nitrogens with zero attached hydrogens (tertiary/aromatic N) is 5. The molecule has 6 nitrogen and oxygen atoms in total. The zero-order valence-electron chi connectivity index (χ0n) is 11.4. The molecule has 22 heavy (non-hydrogen) atoms. The molecule has 112 valence electrons. The van der Waals surface area contributed by atoms with Crippen molar-refractivity contribution in [3.05, 3.63) is 35.0 Å². The van der Waals surface area contributed by atoms with Crippen molar-refractivity contribution in [2.24, 2.45) is 4.99 Å². The topological polar surface area (TPSA) is 68.6 Å². The lowest BCUT2D eigenvalue weighted by Gasteiger charge is -1.96. The quantitative estimate of drug-likeness (QED) is 0.720. The van der Waals surface area contributed by atoms with Crippen molar-refractivity contribution in [2.45, 2.75) is 5.75 Å². The third-order valence-electron chi connectivity index (χ3n) is 2.89. The Morgan fingerprint density at radius 2 is 2.36 bits per heavy atom. The van der Waals surface area contributed by atoms with Crippen LogP contribution in [0.4, 0.5) is 0 Å². The molecule has 0 bridgehead atoms. The van der Waals surface area contributed by atoms with Crippen LogP contribution in [0.2, 0.25) is 0 Å². The van der Waals surface area contributed by atoms with Crippen LogP contribution in [0.3, 0.4) is 0 Å². The minimum absolute atomic E-state index is 0.734. The Morgan fingerprint density at radius 1 is 1.36 bits per heavy atom. The van der Waals surface area contributed by atoms with E-state index in [1.165, 1.54) is 11.3 Å². The van der Waals surface area contributed by atoms with E-state index in [1.54, 1.807) is 34.3 Å². The van der Waals surface area contributed by atoms with Gasteiger partial charge >= 0.3 is 0 Å². The summed E-state index contributed by atoms with van der Waals surface area (Å²) in [6.07, 6.45) is 5.47. The van der Waals surface area contributed by atoms with Gasteiger partial charge in [0.2, 0.25) is 4.96 Å². The lowest BCUT2D eigenvalue weighted by molar-refractivity contribution is 0.557. The summed E-state index contributed by atoms with van der Waals surface area (Å²) < 4.78 is 8.20. The van der Waals surface area contributed by atoms with Gasteiger partial charge in [0.1, 0.15) is 15.1 Å². The predicted octanol–water partition coefficient (Wildman–Crippen LogP) is 3.29. The first-order chi connectivity index (χ1) is 10.9. The Balaban J connectivity index is 1.51. The molecule has 9 heteroatoms. The smallest absolute Gasteiger partial charge is 0.234 e. The fraction of sp³-hybridized carbons (Fsp3) is 0.231. The van der Waals surface area contributed by atoms with Crippen LogP contribution >= 0.6 is 34.9 Å². The van der Waals surface area contributed by atoms with Crippen LogP contribution in [-0.2, 0) is 5.75 Å². The zero-order chi connectivity index (χ0) is 14.8. The summed E-state index contributed by atoms with van der Waals surface area (Å²) >= 11 is 5.00. The SMILES string of the molecule is C(=C\c1nn2c(CSC3=NCCS3)nnc2s1)/c1ccco1. The van der Waals surface area contributed by atoms with E-state index in [0.717, 1.165) is 44.0 Å². The minimum Gasteiger partial charge on any atom is -0.465 e. The second-order valence-corrected chi connectivity index (χ2v) is 7.68. The fourth-order valence-corrected chi connectivity index (χ4v) is 4.57. The van der Waals surface area contributed by atoms with Gasteiger partial charge in [-0.05, 0) is 24.3 Å². The van der Waals surface area contributed by atoms with Crippen molar-refractivity contribution in [3.63, 3.8) is 0 Å². The van der Waals surface area contributed by atoms with Gasteiger partial charge < -0.3 is 4.42 Å². The molecule has 0 amide bonds. The molecule has 0 fully saturated rings. The molecule has 0 unspecified atom stereocenters. The minimum atomic E-state index is 0.734. The number of aromatic nitrogens is 4. The van der Waals surface area contributed by atoms with Crippen LogP contribution < -0.4 is 0 Å². The Morgan fingerprint density at radius 3 is 3.18 bits per heavy atom. The maximum atomic E-state index is 5.27. The molecular weight excluding hydrogens is 338 g/mol.